The Labute approximate surface area is 103 Å². The van der Waals surface area contributed by atoms with E-state index in [0.717, 1.165) is 5.56 Å². The molecule has 0 fully saturated rings. The topological polar surface area (TPSA) is 81.2 Å². The van der Waals surface area contributed by atoms with E-state index in [1.165, 1.54) is 0 Å². The Morgan fingerprint density at radius 3 is 2.78 bits per heavy atom. The number of nitrogens with zero attached hydrogens (tertiary/aromatic N) is 3. The van der Waals surface area contributed by atoms with Crippen molar-refractivity contribution in [2.75, 3.05) is 12.3 Å². The Morgan fingerprint density at radius 1 is 1.28 bits per heavy atom. The molecule has 0 aliphatic carbocycles. The molecule has 2 heterocycles. The number of hydrogen-bond donors (Lipinski definition) is 2. The molecular weight excluding hydrogens is 230 g/mol. The molecule has 1 aromatic carbocycles. The van der Waals surface area contributed by atoms with Gasteiger partial charge in [0.05, 0.1) is 6.61 Å². The smallest absolute Gasteiger partial charge is 0.234 e. The molecule has 0 bridgehead atoms. The van der Waals surface area contributed by atoms with Crippen LogP contribution in [0, 0.1) is 0 Å². The molecule has 3 N–H and O–H groups in total. The van der Waals surface area contributed by atoms with Gasteiger partial charge < -0.3 is 10.5 Å². The largest absolute Gasteiger partial charge is 0.477 e. The lowest BCUT2D eigenvalue weighted by atomic mass is 10.2. The highest BCUT2D eigenvalue weighted by Crippen LogP contribution is 2.27. The van der Waals surface area contributed by atoms with E-state index >= 15 is 0 Å². The number of nitrogens with two attached hydrogens (primary N) is 1. The lowest BCUT2D eigenvalue weighted by Crippen LogP contribution is -1.96. The maximum Gasteiger partial charge on any atom is 0.234 e. The summed E-state index contributed by atoms with van der Waals surface area (Å²) < 4.78 is 7.13. The molecule has 2 aromatic heterocycles. The van der Waals surface area contributed by atoms with Crippen LogP contribution >= 0.6 is 0 Å². The summed E-state index contributed by atoms with van der Waals surface area (Å²) in [6.45, 7) is 2.45. The van der Waals surface area contributed by atoms with Crippen molar-refractivity contribution >= 4 is 11.3 Å². The fraction of sp³-hybridized carbons (Fsp3) is 0.167. The van der Waals surface area contributed by atoms with Crippen LogP contribution in [0.4, 0.5) is 5.69 Å². The molecule has 0 amide bonds. The van der Waals surface area contributed by atoms with Gasteiger partial charge in [0.2, 0.25) is 11.5 Å². The summed E-state index contributed by atoms with van der Waals surface area (Å²) in [5.74, 6) is 1.24. The van der Waals surface area contributed by atoms with Gasteiger partial charge in [-0.25, -0.2) is 4.52 Å². The van der Waals surface area contributed by atoms with Crippen LogP contribution in [0.1, 0.15) is 6.92 Å². The fourth-order valence-corrected chi connectivity index (χ4v) is 1.86. The van der Waals surface area contributed by atoms with Crippen molar-refractivity contribution in [2.24, 2.45) is 0 Å². The van der Waals surface area contributed by atoms with Crippen molar-refractivity contribution < 1.29 is 4.74 Å². The van der Waals surface area contributed by atoms with Crippen LogP contribution in [-0.2, 0) is 0 Å². The molecule has 0 atom stereocenters. The van der Waals surface area contributed by atoms with Gasteiger partial charge in [0.1, 0.15) is 5.69 Å². The van der Waals surface area contributed by atoms with Crippen LogP contribution < -0.4 is 10.5 Å². The van der Waals surface area contributed by atoms with Gasteiger partial charge in [-0.3, -0.25) is 5.10 Å². The van der Waals surface area contributed by atoms with E-state index in [-0.39, 0.29) is 0 Å². The molecule has 3 rings (SSSR count). The summed E-state index contributed by atoms with van der Waals surface area (Å²) >= 11 is 0. The molecule has 6 nitrogen and oxygen atoms in total. The van der Waals surface area contributed by atoms with E-state index in [9.17, 15) is 0 Å². The number of rotatable bonds is 3. The third kappa shape index (κ3) is 1.50. The molecule has 0 saturated carbocycles. The zero-order valence-electron chi connectivity index (χ0n) is 9.92. The minimum absolute atomic E-state index is 0.478. The van der Waals surface area contributed by atoms with Crippen LogP contribution in [0.15, 0.2) is 30.3 Å². The van der Waals surface area contributed by atoms with E-state index in [2.05, 4.69) is 15.3 Å². The monoisotopic (exact) mass is 243 g/mol. The van der Waals surface area contributed by atoms with Gasteiger partial charge in [-0.05, 0) is 6.92 Å². The quantitative estimate of drug-likeness (QED) is 0.733. The fourth-order valence-electron chi connectivity index (χ4n) is 1.86. The van der Waals surface area contributed by atoms with E-state index in [0.29, 0.717) is 29.6 Å². The second-order valence-corrected chi connectivity index (χ2v) is 3.84. The molecule has 0 aliphatic heterocycles. The van der Waals surface area contributed by atoms with E-state index in [1.54, 1.807) is 4.52 Å². The van der Waals surface area contributed by atoms with Crippen molar-refractivity contribution in [1.29, 1.82) is 0 Å². The Bertz CT molecular complexity index is 670. The number of aromatic amines is 1. The second-order valence-electron chi connectivity index (χ2n) is 3.84. The Hall–Kier alpha value is -2.50. The predicted molar refractivity (Wildman–Crippen MR) is 68.4 cm³/mol. The van der Waals surface area contributed by atoms with Gasteiger partial charge >= 0.3 is 0 Å². The van der Waals surface area contributed by atoms with Gasteiger partial charge in [0.25, 0.3) is 0 Å². The van der Waals surface area contributed by atoms with Crippen molar-refractivity contribution in [3.8, 4) is 17.3 Å². The molecule has 18 heavy (non-hydrogen) atoms. The van der Waals surface area contributed by atoms with E-state index in [1.807, 2.05) is 37.3 Å². The van der Waals surface area contributed by atoms with Gasteiger partial charge in [0.15, 0.2) is 5.82 Å². The molecule has 0 spiro atoms. The highest BCUT2D eigenvalue weighted by Gasteiger charge is 2.16. The lowest BCUT2D eigenvalue weighted by molar-refractivity contribution is 0.327. The molecular formula is C12H13N5O. The van der Waals surface area contributed by atoms with Crippen molar-refractivity contribution in [3.63, 3.8) is 0 Å². The van der Waals surface area contributed by atoms with Crippen LogP contribution in [0.3, 0.4) is 0 Å². The average Bonchev–Trinajstić information content (AvgIpc) is 2.93. The number of benzene rings is 1. The van der Waals surface area contributed by atoms with Crippen LogP contribution in [-0.4, -0.2) is 26.4 Å². The molecule has 92 valence electrons. The number of anilines is 1. The SMILES string of the molecule is CCOc1[nH]n2c(-c3ccccc3)nnc2c1N. The molecule has 6 heteroatoms. The maximum atomic E-state index is 5.94. The Morgan fingerprint density at radius 2 is 2.06 bits per heavy atom. The van der Waals surface area contributed by atoms with Crippen LogP contribution in [0.25, 0.3) is 17.0 Å². The predicted octanol–water partition coefficient (Wildman–Crippen LogP) is 1.71. The van der Waals surface area contributed by atoms with Crippen LogP contribution in [0.5, 0.6) is 5.88 Å². The first kappa shape index (κ1) is 10.6. The molecule has 0 saturated heterocycles. The summed E-state index contributed by atoms with van der Waals surface area (Å²) in [7, 11) is 0. The number of H-pyrrole nitrogens is 1. The summed E-state index contributed by atoms with van der Waals surface area (Å²) in [4.78, 5) is 0. The molecule has 0 radical (unpaired) electrons. The summed E-state index contributed by atoms with van der Waals surface area (Å²) in [5.41, 5.74) is 7.96. The highest BCUT2D eigenvalue weighted by molar-refractivity contribution is 5.73. The number of ether oxygens (including phenoxy) is 1. The zero-order chi connectivity index (χ0) is 12.5. The Kier molecular flexibility index (Phi) is 2.40. The highest BCUT2D eigenvalue weighted by atomic mass is 16.5. The summed E-state index contributed by atoms with van der Waals surface area (Å²) in [5, 5.41) is 11.3. The van der Waals surface area contributed by atoms with Gasteiger partial charge in [-0.2, -0.15) is 0 Å². The molecule has 0 aliphatic rings. The van der Waals surface area contributed by atoms with E-state index in [4.69, 9.17) is 10.5 Å². The van der Waals surface area contributed by atoms with Crippen molar-refractivity contribution in [1.82, 2.24) is 19.8 Å². The van der Waals surface area contributed by atoms with Crippen LogP contribution in [0.2, 0.25) is 0 Å². The second kappa shape index (κ2) is 4.06. The standard InChI is InChI=1S/C12H13N5O/c1-2-18-12-9(13)11-15-14-10(17(11)16-12)8-6-4-3-5-7-8/h3-7,16H,2,13H2,1H3. The minimum Gasteiger partial charge on any atom is -0.477 e. The number of fused-ring (bicyclic) bond motifs is 1. The third-order valence-electron chi connectivity index (χ3n) is 2.68. The zero-order valence-corrected chi connectivity index (χ0v) is 9.92. The average molecular weight is 243 g/mol. The number of nitrogens with one attached hydrogen (secondary N) is 1. The number of aromatic nitrogens is 4. The minimum atomic E-state index is 0.478. The van der Waals surface area contributed by atoms with Gasteiger partial charge in [-0.1, -0.05) is 30.3 Å². The first-order valence-electron chi connectivity index (χ1n) is 5.72. The summed E-state index contributed by atoms with van der Waals surface area (Å²) in [6, 6.07) is 9.79. The maximum absolute atomic E-state index is 5.94. The first-order valence-corrected chi connectivity index (χ1v) is 5.72. The lowest BCUT2D eigenvalue weighted by Gasteiger charge is -1.99. The number of hydrogen-bond acceptors (Lipinski definition) is 4. The van der Waals surface area contributed by atoms with Gasteiger partial charge in [-0.15, -0.1) is 10.2 Å². The normalized spacial score (nSPS) is 10.9. The Balaban J connectivity index is 2.17. The molecule has 0 unspecified atom stereocenters. The van der Waals surface area contributed by atoms with Gasteiger partial charge in [0, 0.05) is 5.56 Å². The molecule has 3 aromatic rings. The van der Waals surface area contributed by atoms with E-state index < -0.39 is 0 Å². The number of nitrogen functional groups attached to an aromatic ring is 1. The first-order chi connectivity index (χ1) is 8.81. The third-order valence-corrected chi connectivity index (χ3v) is 2.68. The van der Waals surface area contributed by atoms with Crippen molar-refractivity contribution in [3.05, 3.63) is 30.3 Å². The van der Waals surface area contributed by atoms with Crippen molar-refractivity contribution in [2.45, 2.75) is 6.92 Å². The summed E-state index contributed by atoms with van der Waals surface area (Å²) in [6.07, 6.45) is 0.